The molecule has 2 unspecified atom stereocenters. The minimum atomic E-state index is -3.38. The molecule has 0 amide bonds. The van der Waals surface area contributed by atoms with Crippen LogP contribution in [0.5, 0.6) is 0 Å². The van der Waals surface area contributed by atoms with Gasteiger partial charge in [-0.1, -0.05) is 0 Å². The van der Waals surface area contributed by atoms with Crippen LogP contribution in [0.4, 0.5) is 0 Å². The van der Waals surface area contributed by atoms with Crippen molar-refractivity contribution in [1.82, 2.24) is 0 Å². The molecule has 0 radical (unpaired) electrons. The molecule has 0 aromatic carbocycles. The fraction of sp³-hybridized carbons (Fsp3) is 1.00. The average molecular weight is 252 g/mol. The Labute approximate surface area is 96.9 Å². The van der Waals surface area contributed by atoms with Gasteiger partial charge in [-0.3, -0.25) is 13.6 Å². The van der Waals surface area contributed by atoms with E-state index in [4.69, 9.17) is 18.5 Å². The van der Waals surface area contributed by atoms with Gasteiger partial charge < -0.3 is 9.47 Å². The van der Waals surface area contributed by atoms with Crippen molar-refractivity contribution in [2.24, 2.45) is 0 Å². The van der Waals surface area contributed by atoms with Gasteiger partial charge in [0.05, 0.1) is 12.2 Å². The first-order valence-electron chi connectivity index (χ1n) is 5.63. The second kappa shape index (κ2) is 5.15. The van der Waals surface area contributed by atoms with E-state index in [-0.39, 0.29) is 12.2 Å². The summed E-state index contributed by atoms with van der Waals surface area (Å²) in [5.74, 6) is 0. The van der Waals surface area contributed by atoms with E-state index in [1.54, 1.807) is 6.92 Å². The molecular weight excluding hydrogens is 231 g/mol. The smallest absolute Gasteiger partial charge is 0.341 e. The lowest BCUT2D eigenvalue weighted by Crippen LogP contribution is -2.33. The molecule has 96 valence electrons. The Hall–Kier alpha value is 0.0700. The van der Waals surface area contributed by atoms with E-state index in [1.165, 1.54) is 0 Å². The van der Waals surface area contributed by atoms with E-state index in [0.717, 1.165) is 0 Å². The molecule has 1 aliphatic rings. The summed E-state index contributed by atoms with van der Waals surface area (Å²) in [5.41, 5.74) is -1.31. The fourth-order valence-electron chi connectivity index (χ4n) is 1.56. The molecule has 0 spiro atoms. The van der Waals surface area contributed by atoms with Gasteiger partial charge in [-0.25, -0.2) is 0 Å². The lowest BCUT2D eigenvalue weighted by atomic mass is 10.3. The molecule has 6 heteroatoms. The Kier molecular flexibility index (Phi) is 4.55. The third-order valence-electron chi connectivity index (χ3n) is 2.59. The molecule has 0 saturated carbocycles. The topological polar surface area (TPSA) is 54.0 Å². The first-order valence-corrected chi connectivity index (χ1v) is 7.17. The van der Waals surface area contributed by atoms with Gasteiger partial charge in [0.2, 0.25) is 0 Å². The van der Waals surface area contributed by atoms with Crippen molar-refractivity contribution in [2.75, 3.05) is 13.2 Å². The van der Waals surface area contributed by atoms with E-state index in [2.05, 4.69) is 0 Å². The summed E-state index contributed by atoms with van der Waals surface area (Å²) in [7, 11) is -3.38. The summed E-state index contributed by atoms with van der Waals surface area (Å²) < 4.78 is 34.2. The zero-order valence-corrected chi connectivity index (χ0v) is 11.5. The quantitative estimate of drug-likeness (QED) is 0.556. The van der Waals surface area contributed by atoms with Gasteiger partial charge in [-0.2, -0.15) is 0 Å². The highest BCUT2D eigenvalue weighted by Gasteiger charge is 2.56. The minimum Gasteiger partial charge on any atom is -0.341 e. The monoisotopic (exact) mass is 252 g/mol. The summed E-state index contributed by atoms with van der Waals surface area (Å²) in [6.07, 6.45) is -0.433. The van der Waals surface area contributed by atoms with Gasteiger partial charge in [0, 0.05) is 20.1 Å². The second-order valence-electron chi connectivity index (χ2n) is 3.88. The van der Waals surface area contributed by atoms with Crippen LogP contribution in [0, 0.1) is 0 Å². The van der Waals surface area contributed by atoms with Gasteiger partial charge >= 0.3 is 7.60 Å². The van der Waals surface area contributed by atoms with E-state index >= 15 is 0 Å². The lowest BCUT2D eigenvalue weighted by Gasteiger charge is -2.32. The Morgan fingerprint density at radius 1 is 1.12 bits per heavy atom. The number of ether oxygens (including phenoxy) is 2. The van der Waals surface area contributed by atoms with Crippen LogP contribution in [0.1, 0.15) is 34.6 Å². The second-order valence-corrected chi connectivity index (χ2v) is 6.11. The number of hydrogen-bond acceptors (Lipinski definition) is 5. The third kappa shape index (κ3) is 2.49. The maximum absolute atomic E-state index is 12.5. The van der Waals surface area contributed by atoms with Gasteiger partial charge in [0.1, 0.15) is 0 Å². The first-order chi connectivity index (χ1) is 7.38. The van der Waals surface area contributed by atoms with Gasteiger partial charge in [0.15, 0.2) is 0 Å². The van der Waals surface area contributed by atoms with E-state index in [0.29, 0.717) is 13.2 Å². The van der Waals surface area contributed by atoms with Crippen LogP contribution in [-0.4, -0.2) is 30.9 Å². The summed E-state index contributed by atoms with van der Waals surface area (Å²) in [6, 6.07) is 0. The van der Waals surface area contributed by atoms with Crippen molar-refractivity contribution in [2.45, 2.75) is 52.4 Å². The predicted octanol–water partition coefficient (Wildman–Crippen LogP) is 2.75. The Balaban J connectivity index is 2.90. The Morgan fingerprint density at radius 2 is 1.50 bits per heavy atom. The van der Waals surface area contributed by atoms with Crippen LogP contribution in [0.25, 0.3) is 0 Å². The third-order valence-corrected chi connectivity index (χ3v) is 5.07. The fourth-order valence-corrected chi connectivity index (χ4v) is 3.79. The number of hydrogen-bond donors (Lipinski definition) is 0. The molecule has 1 aliphatic heterocycles. The molecule has 1 saturated heterocycles. The molecule has 1 rings (SSSR count). The zero-order valence-electron chi connectivity index (χ0n) is 10.6. The lowest BCUT2D eigenvalue weighted by molar-refractivity contribution is -0.173. The van der Waals surface area contributed by atoms with Crippen molar-refractivity contribution in [3.8, 4) is 0 Å². The summed E-state index contributed by atoms with van der Waals surface area (Å²) in [5, 5.41) is 0. The summed E-state index contributed by atoms with van der Waals surface area (Å²) >= 11 is 0. The van der Waals surface area contributed by atoms with Crippen molar-refractivity contribution in [3.05, 3.63) is 0 Å². The van der Waals surface area contributed by atoms with Gasteiger partial charge in [-0.05, 0) is 27.7 Å². The number of rotatable bonds is 5. The molecule has 1 heterocycles. The minimum absolute atomic E-state index is 0.217. The molecule has 16 heavy (non-hydrogen) atoms. The van der Waals surface area contributed by atoms with Crippen molar-refractivity contribution in [1.29, 1.82) is 0 Å². The summed E-state index contributed by atoms with van der Waals surface area (Å²) in [4.78, 5) is 0. The van der Waals surface area contributed by atoms with E-state index in [9.17, 15) is 4.57 Å². The Morgan fingerprint density at radius 3 is 1.81 bits per heavy atom. The van der Waals surface area contributed by atoms with Crippen LogP contribution >= 0.6 is 7.60 Å². The largest absolute Gasteiger partial charge is 0.390 e. The highest BCUT2D eigenvalue weighted by atomic mass is 31.2. The maximum atomic E-state index is 12.5. The normalized spacial score (nSPS) is 35.6. The molecule has 2 atom stereocenters. The van der Waals surface area contributed by atoms with Crippen LogP contribution in [-0.2, 0) is 23.1 Å². The van der Waals surface area contributed by atoms with Crippen LogP contribution in [0.3, 0.4) is 0 Å². The van der Waals surface area contributed by atoms with Crippen LogP contribution < -0.4 is 0 Å². The van der Waals surface area contributed by atoms with Crippen molar-refractivity contribution < 1.29 is 23.1 Å². The SMILES string of the molecule is CCOC(C)(OCC)P1(=O)OC(C)C(C)O1. The molecule has 0 N–H and O–H groups in total. The highest BCUT2D eigenvalue weighted by Crippen LogP contribution is 2.66. The molecule has 0 aromatic rings. The van der Waals surface area contributed by atoms with Crippen LogP contribution in [0.2, 0.25) is 0 Å². The Bertz CT molecular complexity index is 260. The molecular formula is C10H21O5P. The van der Waals surface area contributed by atoms with E-state index in [1.807, 2.05) is 27.7 Å². The molecule has 0 aliphatic carbocycles. The molecule has 1 fully saturated rings. The van der Waals surface area contributed by atoms with Crippen molar-refractivity contribution in [3.63, 3.8) is 0 Å². The zero-order chi connectivity index (χ0) is 12.4. The van der Waals surface area contributed by atoms with Crippen LogP contribution in [0.15, 0.2) is 0 Å². The average Bonchev–Trinajstić information content (AvgIpc) is 2.43. The van der Waals surface area contributed by atoms with Gasteiger partial charge in [0.25, 0.3) is 5.53 Å². The van der Waals surface area contributed by atoms with Gasteiger partial charge in [-0.15, -0.1) is 0 Å². The van der Waals surface area contributed by atoms with E-state index < -0.39 is 13.1 Å². The molecule has 0 aromatic heterocycles. The summed E-state index contributed by atoms with van der Waals surface area (Å²) in [6.45, 7) is 9.64. The van der Waals surface area contributed by atoms with Crippen molar-refractivity contribution >= 4 is 7.60 Å². The maximum Gasteiger partial charge on any atom is 0.390 e. The predicted molar refractivity (Wildman–Crippen MR) is 60.4 cm³/mol. The molecule has 0 bridgehead atoms. The standard InChI is InChI=1S/C10H21O5P/c1-6-12-10(5,13-7-2)16(11)14-8(3)9(4)15-16/h8-9H,6-7H2,1-5H3. The molecule has 5 nitrogen and oxygen atoms in total. The highest BCUT2D eigenvalue weighted by molar-refractivity contribution is 7.55. The first kappa shape index (κ1) is 14.1.